The van der Waals surface area contributed by atoms with E-state index < -0.39 is 0 Å². The van der Waals surface area contributed by atoms with Gasteiger partial charge in [0.05, 0.1) is 6.61 Å². The zero-order valence-electron chi connectivity index (χ0n) is 15.8. The third kappa shape index (κ3) is 5.66. The highest BCUT2D eigenvalue weighted by atomic mass is 35.5. The highest BCUT2D eigenvalue weighted by molar-refractivity contribution is 6.35. The van der Waals surface area contributed by atoms with Gasteiger partial charge in [0.1, 0.15) is 18.2 Å². The van der Waals surface area contributed by atoms with E-state index in [-0.39, 0.29) is 18.1 Å². The Bertz CT molecular complexity index is 934. The maximum atomic E-state index is 12.0. The first-order valence-corrected chi connectivity index (χ1v) is 9.28. The predicted molar refractivity (Wildman–Crippen MR) is 111 cm³/mol. The molecule has 0 bridgehead atoms. The molecule has 146 valence electrons. The molecular weight excluding hydrogens is 399 g/mol. The Labute approximate surface area is 174 Å². The third-order valence-corrected chi connectivity index (χ3v) is 4.32. The zero-order valence-corrected chi connectivity index (χ0v) is 17.3. The molecule has 0 aliphatic carbocycles. The van der Waals surface area contributed by atoms with Gasteiger partial charge in [-0.15, -0.1) is 0 Å². The number of hydrogen-bond donors (Lipinski definition) is 0. The van der Waals surface area contributed by atoms with E-state index in [1.165, 1.54) is 11.0 Å². The van der Waals surface area contributed by atoms with Crippen molar-refractivity contribution in [2.75, 3.05) is 20.7 Å². The number of rotatable bonds is 7. The van der Waals surface area contributed by atoms with Crippen LogP contribution < -0.4 is 9.47 Å². The monoisotopic (exact) mass is 418 g/mol. The van der Waals surface area contributed by atoms with Crippen molar-refractivity contribution in [2.45, 2.75) is 13.5 Å². The molecule has 0 saturated carbocycles. The fourth-order valence-corrected chi connectivity index (χ4v) is 2.81. The van der Waals surface area contributed by atoms with Crippen LogP contribution in [-0.2, 0) is 11.4 Å². The number of carbonyl (C=O) groups is 1. The van der Waals surface area contributed by atoms with Crippen LogP contribution in [0, 0.1) is 11.3 Å². The second kappa shape index (κ2) is 10.0. The van der Waals surface area contributed by atoms with Crippen molar-refractivity contribution < 1.29 is 14.3 Å². The molecule has 28 heavy (non-hydrogen) atoms. The molecule has 0 radical (unpaired) electrons. The van der Waals surface area contributed by atoms with Crippen molar-refractivity contribution in [3.05, 3.63) is 63.1 Å². The molecule has 0 heterocycles. The minimum atomic E-state index is -0.363. The van der Waals surface area contributed by atoms with Gasteiger partial charge in [-0.25, -0.2) is 0 Å². The highest BCUT2D eigenvalue weighted by Crippen LogP contribution is 2.31. The summed E-state index contributed by atoms with van der Waals surface area (Å²) in [6.07, 6.45) is 1.52. The number of hydrogen-bond acceptors (Lipinski definition) is 4. The van der Waals surface area contributed by atoms with Crippen molar-refractivity contribution in [2.24, 2.45) is 0 Å². The van der Waals surface area contributed by atoms with Crippen LogP contribution in [0.3, 0.4) is 0 Å². The largest absolute Gasteiger partial charge is 0.490 e. The average Bonchev–Trinajstić information content (AvgIpc) is 2.66. The van der Waals surface area contributed by atoms with Crippen LogP contribution in [0.2, 0.25) is 10.0 Å². The van der Waals surface area contributed by atoms with Crippen LogP contribution >= 0.6 is 23.2 Å². The summed E-state index contributed by atoms with van der Waals surface area (Å²) in [5.41, 5.74) is 1.49. The van der Waals surface area contributed by atoms with E-state index >= 15 is 0 Å². The molecule has 2 rings (SSSR count). The Hall–Kier alpha value is -2.68. The van der Waals surface area contributed by atoms with Crippen LogP contribution in [0.15, 0.2) is 42.0 Å². The van der Waals surface area contributed by atoms with Gasteiger partial charge in [0, 0.05) is 29.7 Å². The Morgan fingerprint density at radius 1 is 1.14 bits per heavy atom. The van der Waals surface area contributed by atoms with Gasteiger partial charge in [-0.3, -0.25) is 4.79 Å². The lowest BCUT2D eigenvalue weighted by atomic mass is 10.1. The molecule has 0 unspecified atom stereocenters. The SMILES string of the molecule is CCOc1cc(/C=C(/C#N)C(=O)N(C)C)ccc1OCc1ccc(Cl)cc1Cl. The molecule has 0 fully saturated rings. The quantitative estimate of drug-likeness (QED) is 0.470. The molecule has 0 saturated heterocycles. The van der Waals surface area contributed by atoms with Crippen molar-refractivity contribution in [3.8, 4) is 17.6 Å². The van der Waals surface area contributed by atoms with Gasteiger partial charge in [0.15, 0.2) is 11.5 Å². The summed E-state index contributed by atoms with van der Waals surface area (Å²) in [5, 5.41) is 10.3. The summed E-state index contributed by atoms with van der Waals surface area (Å²) >= 11 is 12.1. The molecule has 0 aliphatic heterocycles. The van der Waals surface area contributed by atoms with Crippen molar-refractivity contribution in [1.29, 1.82) is 5.26 Å². The van der Waals surface area contributed by atoms with Crippen LogP contribution in [0.25, 0.3) is 6.08 Å². The van der Waals surface area contributed by atoms with Crippen molar-refractivity contribution in [3.63, 3.8) is 0 Å². The first-order valence-electron chi connectivity index (χ1n) is 8.52. The zero-order chi connectivity index (χ0) is 20.7. The minimum absolute atomic E-state index is 0.0362. The van der Waals surface area contributed by atoms with Crippen LogP contribution in [0.5, 0.6) is 11.5 Å². The summed E-state index contributed by atoms with van der Waals surface area (Å²) in [5.74, 6) is 0.677. The van der Waals surface area contributed by atoms with E-state index in [1.54, 1.807) is 50.5 Å². The Morgan fingerprint density at radius 2 is 1.89 bits per heavy atom. The molecule has 7 heteroatoms. The maximum Gasteiger partial charge on any atom is 0.264 e. The number of nitriles is 1. The first-order chi connectivity index (χ1) is 13.3. The Morgan fingerprint density at radius 3 is 2.50 bits per heavy atom. The Balaban J connectivity index is 2.27. The lowest BCUT2D eigenvalue weighted by molar-refractivity contribution is -0.124. The normalized spacial score (nSPS) is 10.9. The summed E-state index contributed by atoms with van der Waals surface area (Å²) in [4.78, 5) is 13.4. The maximum absolute atomic E-state index is 12.0. The lowest BCUT2D eigenvalue weighted by Crippen LogP contribution is -2.22. The number of amides is 1. The summed E-state index contributed by atoms with van der Waals surface area (Å²) in [6, 6.07) is 12.3. The summed E-state index contributed by atoms with van der Waals surface area (Å²) < 4.78 is 11.5. The lowest BCUT2D eigenvalue weighted by Gasteiger charge is -2.14. The topological polar surface area (TPSA) is 62.6 Å². The molecule has 0 spiro atoms. The fraction of sp³-hybridized carbons (Fsp3) is 0.238. The van der Waals surface area contributed by atoms with E-state index in [1.807, 2.05) is 13.0 Å². The first kappa shape index (κ1) is 21.6. The molecule has 1 amide bonds. The molecule has 0 aromatic heterocycles. The molecule has 5 nitrogen and oxygen atoms in total. The second-order valence-electron chi connectivity index (χ2n) is 6.03. The van der Waals surface area contributed by atoms with Crippen LogP contribution in [0.1, 0.15) is 18.1 Å². The number of halogens is 2. The number of nitrogens with zero attached hydrogens (tertiary/aromatic N) is 2. The number of carbonyl (C=O) groups excluding carboxylic acids is 1. The number of ether oxygens (including phenoxy) is 2. The molecule has 2 aromatic rings. The highest BCUT2D eigenvalue weighted by Gasteiger charge is 2.13. The van der Waals surface area contributed by atoms with Crippen LogP contribution in [-0.4, -0.2) is 31.5 Å². The minimum Gasteiger partial charge on any atom is -0.490 e. The average molecular weight is 419 g/mol. The van der Waals surface area contributed by atoms with Gasteiger partial charge >= 0.3 is 0 Å². The van der Waals surface area contributed by atoms with Gasteiger partial charge in [-0.2, -0.15) is 5.26 Å². The van der Waals surface area contributed by atoms with Gasteiger partial charge < -0.3 is 14.4 Å². The van der Waals surface area contributed by atoms with Crippen molar-refractivity contribution >= 4 is 35.2 Å². The molecule has 0 N–H and O–H groups in total. The molecule has 2 aromatic carbocycles. The third-order valence-electron chi connectivity index (χ3n) is 3.73. The van der Waals surface area contributed by atoms with Gasteiger partial charge in [0.2, 0.25) is 0 Å². The molecule has 0 aliphatic rings. The van der Waals surface area contributed by atoms with E-state index in [4.69, 9.17) is 32.7 Å². The van der Waals surface area contributed by atoms with Gasteiger partial charge in [-0.1, -0.05) is 35.3 Å². The second-order valence-corrected chi connectivity index (χ2v) is 6.88. The summed E-state index contributed by atoms with van der Waals surface area (Å²) in [7, 11) is 3.19. The van der Waals surface area contributed by atoms with Crippen LogP contribution in [0.4, 0.5) is 0 Å². The number of likely N-dealkylation sites (N-methyl/N-ethyl adjacent to an activating group) is 1. The smallest absolute Gasteiger partial charge is 0.264 e. The fourth-order valence-electron chi connectivity index (χ4n) is 2.35. The van der Waals surface area contributed by atoms with E-state index in [9.17, 15) is 10.1 Å². The van der Waals surface area contributed by atoms with E-state index in [0.717, 1.165) is 5.56 Å². The summed E-state index contributed by atoms with van der Waals surface area (Å²) in [6.45, 7) is 2.54. The van der Waals surface area contributed by atoms with E-state index in [2.05, 4.69) is 0 Å². The Kier molecular flexibility index (Phi) is 7.74. The van der Waals surface area contributed by atoms with Crippen molar-refractivity contribution in [1.82, 2.24) is 4.90 Å². The van der Waals surface area contributed by atoms with Gasteiger partial charge in [-0.05, 0) is 42.8 Å². The standard InChI is InChI=1S/C21H20Cl2N2O3/c1-4-27-20-10-14(9-16(12-24)21(26)25(2)3)5-8-19(20)28-13-15-6-7-17(22)11-18(15)23/h5-11H,4,13H2,1-3H3/b16-9-. The van der Waals surface area contributed by atoms with Gasteiger partial charge in [0.25, 0.3) is 5.91 Å². The number of benzene rings is 2. The predicted octanol–water partition coefficient (Wildman–Crippen LogP) is 4.97. The molecular formula is C21H20Cl2N2O3. The van der Waals surface area contributed by atoms with E-state index in [0.29, 0.717) is 33.7 Å². The molecule has 0 atom stereocenters.